The van der Waals surface area contributed by atoms with E-state index >= 15 is 0 Å². The zero-order valence-electron chi connectivity index (χ0n) is 19.2. The first-order valence-electron chi connectivity index (χ1n) is 11.3. The molecule has 0 bridgehead atoms. The summed E-state index contributed by atoms with van der Waals surface area (Å²) >= 11 is 0. The van der Waals surface area contributed by atoms with Gasteiger partial charge in [0.05, 0.1) is 23.6 Å². The molecule has 3 N–H and O–H groups in total. The number of carbonyl (C=O) groups excluding carboxylic acids is 3. The minimum absolute atomic E-state index is 0.0127. The molecule has 1 saturated carbocycles. The summed E-state index contributed by atoms with van der Waals surface area (Å²) in [6.45, 7) is 10.9. The van der Waals surface area contributed by atoms with Crippen molar-refractivity contribution in [1.29, 1.82) is 0 Å². The van der Waals surface area contributed by atoms with Gasteiger partial charge in [-0.05, 0) is 52.4 Å². The van der Waals surface area contributed by atoms with Gasteiger partial charge in [0.25, 0.3) is 0 Å². The molecule has 2 amide bonds. The van der Waals surface area contributed by atoms with Gasteiger partial charge in [0.2, 0.25) is 11.8 Å². The zero-order valence-corrected chi connectivity index (χ0v) is 19.2. The Morgan fingerprint density at radius 2 is 1.84 bits per heavy atom. The summed E-state index contributed by atoms with van der Waals surface area (Å²) in [5.74, 6) is -1.41. The van der Waals surface area contributed by atoms with Crippen LogP contribution in [0.15, 0.2) is 25.3 Å². The number of aliphatic hydroxyl groups excluding tert-OH is 1. The van der Waals surface area contributed by atoms with Crippen LogP contribution >= 0.6 is 0 Å². The molecule has 0 heterocycles. The van der Waals surface area contributed by atoms with Crippen molar-refractivity contribution in [3.63, 3.8) is 0 Å². The van der Waals surface area contributed by atoms with Crippen LogP contribution < -0.4 is 10.6 Å². The van der Waals surface area contributed by atoms with Gasteiger partial charge >= 0.3 is 5.97 Å². The molecule has 1 fully saturated rings. The second-order valence-corrected chi connectivity index (χ2v) is 9.19. The highest BCUT2D eigenvalue weighted by molar-refractivity contribution is 5.86. The Bertz CT molecular complexity index is 623. The maximum absolute atomic E-state index is 12.8. The van der Waals surface area contributed by atoms with Crippen LogP contribution in [0.4, 0.5) is 0 Å². The molecule has 176 valence electrons. The fourth-order valence-corrected chi connectivity index (χ4v) is 3.79. The lowest BCUT2D eigenvalue weighted by molar-refractivity contribution is -0.147. The minimum atomic E-state index is -0.762. The van der Waals surface area contributed by atoms with Crippen LogP contribution in [0.1, 0.15) is 78.1 Å². The molecule has 0 aliphatic heterocycles. The van der Waals surface area contributed by atoms with Gasteiger partial charge in [-0.15, -0.1) is 13.2 Å². The van der Waals surface area contributed by atoms with E-state index in [4.69, 9.17) is 4.74 Å². The van der Waals surface area contributed by atoms with Gasteiger partial charge in [0, 0.05) is 12.8 Å². The molecule has 1 unspecified atom stereocenters. The second kappa shape index (κ2) is 13.3. The van der Waals surface area contributed by atoms with Crippen molar-refractivity contribution in [2.75, 3.05) is 13.2 Å². The first-order valence-corrected chi connectivity index (χ1v) is 11.3. The molecular formula is C24H40N2O5. The van der Waals surface area contributed by atoms with E-state index in [0.717, 1.165) is 44.9 Å². The molecule has 0 aromatic heterocycles. The second-order valence-electron chi connectivity index (χ2n) is 9.19. The van der Waals surface area contributed by atoms with E-state index in [1.165, 1.54) is 0 Å². The number of ether oxygens (including phenoxy) is 1. The lowest BCUT2D eigenvalue weighted by Gasteiger charge is -2.30. The lowest BCUT2D eigenvalue weighted by atomic mass is 9.95. The molecule has 0 radical (unpaired) electrons. The molecule has 1 aliphatic carbocycles. The Labute approximate surface area is 186 Å². The smallest absolute Gasteiger partial charge is 0.305 e. The Balaban J connectivity index is 2.54. The van der Waals surface area contributed by atoms with Gasteiger partial charge in [-0.1, -0.05) is 25.0 Å². The van der Waals surface area contributed by atoms with Crippen LogP contribution in [0.2, 0.25) is 0 Å². The Hall–Kier alpha value is -2.15. The zero-order chi connectivity index (χ0) is 23.3. The van der Waals surface area contributed by atoms with Gasteiger partial charge in [0.15, 0.2) is 0 Å². The van der Waals surface area contributed by atoms with Gasteiger partial charge < -0.3 is 20.5 Å². The first kappa shape index (κ1) is 26.9. The number of esters is 1. The topological polar surface area (TPSA) is 105 Å². The number of rotatable bonds is 15. The Kier molecular flexibility index (Phi) is 11.5. The summed E-state index contributed by atoms with van der Waals surface area (Å²) in [4.78, 5) is 37.3. The third-order valence-electron chi connectivity index (χ3n) is 5.62. The average Bonchev–Trinajstić information content (AvgIpc) is 3.18. The van der Waals surface area contributed by atoms with Gasteiger partial charge in [-0.3, -0.25) is 14.4 Å². The summed E-state index contributed by atoms with van der Waals surface area (Å²) in [7, 11) is 0. The normalized spacial score (nSPS) is 16.2. The number of amides is 2. The predicted molar refractivity (Wildman–Crippen MR) is 121 cm³/mol. The van der Waals surface area contributed by atoms with Crippen LogP contribution in [-0.4, -0.2) is 47.2 Å². The van der Waals surface area contributed by atoms with Gasteiger partial charge in [0.1, 0.15) is 6.61 Å². The SMILES string of the molecule is C=CCCCCC(=O)OCC(C)(C)NC(=O)C(CC=C)CC(=O)NC1(CO)CCCC1. The van der Waals surface area contributed by atoms with E-state index in [9.17, 15) is 19.5 Å². The molecule has 7 nitrogen and oxygen atoms in total. The van der Waals surface area contributed by atoms with Crippen molar-refractivity contribution in [1.82, 2.24) is 10.6 Å². The minimum Gasteiger partial charge on any atom is -0.463 e. The first-order chi connectivity index (χ1) is 14.7. The van der Waals surface area contributed by atoms with E-state index in [-0.39, 0.29) is 37.4 Å². The number of hydrogen-bond donors (Lipinski definition) is 3. The number of nitrogens with one attached hydrogen (secondary N) is 2. The van der Waals surface area contributed by atoms with E-state index in [1.807, 2.05) is 6.08 Å². The summed E-state index contributed by atoms with van der Waals surface area (Å²) in [5.41, 5.74) is -1.33. The fourth-order valence-electron chi connectivity index (χ4n) is 3.79. The molecule has 0 spiro atoms. The van der Waals surface area contributed by atoms with Gasteiger partial charge in [-0.25, -0.2) is 0 Å². The maximum atomic E-state index is 12.8. The quantitative estimate of drug-likeness (QED) is 0.208. The molecule has 0 aromatic carbocycles. The number of allylic oxidation sites excluding steroid dienone is 2. The molecule has 0 saturated heterocycles. The molecule has 7 heteroatoms. The summed E-state index contributed by atoms with van der Waals surface area (Å²) < 4.78 is 5.32. The van der Waals surface area contributed by atoms with Crippen molar-refractivity contribution in [2.45, 2.75) is 89.1 Å². The molecule has 1 rings (SSSR count). The average molecular weight is 437 g/mol. The summed E-state index contributed by atoms with van der Waals surface area (Å²) in [6, 6.07) is 0. The summed E-state index contributed by atoms with van der Waals surface area (Å²) in [5, 5.41) is 15.5. The van der Waals surface area contributed by atoms with Crippen LogP contribution in [-0.2, 0) is 19.1 Å². The van der Waals surface area contributed by atoms with Crippen molar-refractivity contribution >= 4 is 17.8 Å². The maximum Gasteiger partial charge on any atom is 0.305 e. The molecule has 31 heavy (non-hydrogen) atoms. The number of hydrogen-bond acceptors (Lipinski definition) is 5. The van der Waals surface area contributed by atoms with Crippen molar-refractivity contribution < 1.29 is 24.2 Å². The molecular weight excluding hydrogens is 396 g/mol. The van der Waals surface area contributed by atoms with E-state index in [0.29, 0.717) is 12.8 Å². The van der Waals surface area contributed by atoms with Crippen molar-refractivity contribution in [2.24, 2.45) is 5.92 Å². The van der Waals surface area contributed by atoms with Gasteiger partial charge in [-0.2, -0.15) is 0 Å². The van der Waals surface area contributed by atoms with E-state index < -0.39 is 17.0 Å². The lowest BCUT2D eigenvalue weighted by Crippen LogP contribution is -2.52. The van der Waals surface area contributed by atoms with Crippen molar-refractivity contribution in [3.8, 4) is 0 Å². The van der Waals surface area contributed by atoms with Crippen molar-refractivity contribution in [3.05, 3.63) is 25.3 Å². The Morgan fingerprint density at radius 3 is 2.42 bits per heavy atom. The number of aliphatic hydroxyl groups is 1. The number of carbonyl (C=O) groups is 3. The third kappa shape index (κ3) is 10.1. The predicted octanol–water partition coefficient (Wildman–Crippen LogP) is 3.17. The largest absolute Gasteiger partial charge is 0.463 e. The van der Waals surface area contributed by atoms with Crippen LogP contribution in [0.5, 0.6) is 0 Å². The van der Waals surface area contributed by atoms with Crippen LogP contribution in [0, 0.1) is 5.92 Å². The van der Waals surface area contributed by atoms with Crippen LogP contribution in [0.3, 0.4) is 0 Å². The highest BCUT2D eigenvalue weighted by Gasteiger charge is 2.36. The monoisotopic (exact) mass is 436 g/mol. The van der Waals surface area contributed by atoms with E-state index in [1.54, 1.807) is 19.9 Å². The highest BCUT2D eigenvalue weighted by atomic mass is 16.5. The molecule has 0 aromatic rings. The number of unbranched alkanes of at least 4 members (excludes halogenated alkanes) is 2. The van der Waals surface area contributed by atoms with Crippen LogP contribution in [0.25, 0.3) is 0 Å². The van der Waals surface area contributed by atoms with E-state index in [2.05, 4.69) is 23.8 Å². The molecule has 1 atom stereocenters. The third-order valence-corrected chi connectivity index (χ3v) is 5.62. The highest BCUT2D eigenvalue weighted by Crippen LogP contribution is 2.29. The molecule has 1 aliphatic rings. The summed E-state index contributed by atoms with van der Waals surface area (Å²) in [6.07, 6.45) is 10.1. The standard InChI is InChI=1S/C24H40N2O5/c1-5-7-8-9-13-21(29)31-18-23(3,4)26-22(30)19(12-6-2)16-20(28)25-24(17-27)14-10-11-15-24/h5-6,19,27H,1-2,7-18H2,3-4H3,(H,25,28)(H,26,30). The Morgan fingerprint density at radius 1 is 1.16 bits per heavy atom. The fraction of sp³-hybridized carbons (Fsp3) is 0.708.